The lowest BCUT2D eigenvalue weighted by molar-refractivity contribution is -0.121. The van der Waals surface area contributed by atoms with Crippen LogP contribution in [0.2, 0.25) is 0 Å². The monoisotopic (exact) mass is 330 g/mol. The summed E-state index contributed by atoms with van der Waals surface area (Å²) < 4.78 is 26.6. The highest BCUT2D eigenvalue weighted by Crippen LogP contribution is 2.27. The highest BCUT2D eigenvalue weighted by atomic mass is 32.2. The molecule has 1 aliphatic rings. The van der Waals surface area contributed by atoms with Gasteiger partial charge in [0.05, 0.1) is 4.90 Å². The fraction of sp³-hybridized carbons (Fsp3) is 0.235. The number of rotatable bonds is 4. The lowest BCUT2D eigenvalue weighted by Gasteiger charge is -2.21. The van der Waals surface area contributed by atoms with Gasteiger partial charge in [-0.05, 0) is 36.1 Å². The van der Waals surface area contributed by atoms with Gasteiger partial charge in [0.1, 0.15) is 6.04 Å². The predicted molar refractivity (Wildman–Crippen MR) is 88.0 cm³/mol. The Bertz CT molecular complexity index is 801. The first-order valence-electron chi connectivity index (χ1n) is 7.47. The number of sulfonamides is 1. The molecule has 2 aromatic carbocycles. The Kier molecular flexibility index (Phi) is 4.19. The summed E-state index contributed by atoms with van der Waals surface area (Å²) >= 11 is 0. The largest absolute Gasteiger partial charge is 0.368 e. The third kappa shape index (κ3) is 3.00. The Labute approximate surface area is 135 Å². The maximum atomic E-state index is 12.7. The van der Waals surface area contributed by atoms with Crippen molar-refractivity contribution in [2.75, 3.05) is 6.54 Å². The van der Waals surface area contributed by atoms with Crippen LogP contribution in [0.3, 0.4) is 0 Å². The quantitative estimate of drug-likeness (QED) is 0.931. The SMILES string of the molecule is NC(=O)C1CCCN1S(=O)(=O)c1ccc(-c2ccccc2)cc1. The van der Waals surface area contributed by atoms with Crippen molar-refractivity contribution in [3.63, 3.8) is 0 Å². The molecular formula is C17H18N2O3S. The zero-order valence-electron chi connectivity index (χ0n) is 12.6. The predicted octanol–water partition coefficient (Wildman–Crippen LogP) is 1.99. The Morgan fingerprint density at radius 1 is 1.00 bits per heavy atom. The van der Waals surface area contributed by atoms with Crippen LogP contribution in [0.15, 0.2) is 59.5 Å². The third-order valence-corrected chi connectivity index (χ3v) is 6.02. The molecule has 5 nitrogen and oxygen atoms in total. The van der Waals surface area contributed by atoms with Crippen LogP contribution in [-0.4, -0.2) is 31.2 Å². The molecule has 1 fully saturated rings. The Hall–Kier alpha value is -2.18. The van der Waals surface area contributed by atoms with Crippen molar-refractivity contribution in [3.8, 4) is 11.1 Å². The number of hydrogen-bond donors (Lipinski definition) is 1. The van der Waals surface area contributed by atoms with E-state index in [2.05, 4.69) is 0 Å². The summed E-state index contributed by atoms with van der Waals surface area (Å²) in [6.07, 6.45) is 1.13. The number of amides is 1. The summed E-state index contributed by atoms with van der Waals surface area (Å²) in [5.74, 6) is -0.591. The van der Waals surface area contributed by atoms with Crippen LogP contribution in [-0.2, 0) is 14.8 Å². The Morgan fingerprint density at radius 2 is 1.61 bits per heavy atom. The van der Waals surface area contributed by atoms with Gasteiger partial charge in [0, 0.05) is 6.54 Å². The van der Waals surface area contributed by atoms with Crippen LogP contribution in [0, 0.1) is 0 Å². The molecule has 23 heavy (non-hydrogen) atoms. The van der Waals surface area contributed by atoms with Gasteiger partial charge in [-0.15, -0.1) is 0 Å². The van der Waals surface area contributed by atoms with Crippen molar-refractivity contribution < 1.29 is 13.2 Å². The molecule has 0 aliphatic carbocycles. The van der Waals surface area contributed by atoms with E-state index in [1.165, 1.54) is 4.31 Å². The van der Waals surface area contributed by atoms with Crippen LogP contribution < -0.4 is 5.73 Å². The molecule has 0 spiro atoms. The second kappa shape index (κ2) is 6.14. The van der Waals surface area contributed by atoms with E-state index in [-0.39, 0.29) is 4.90 Å². The molecule has 0 saturated carbocycles. The van der Waals surface area contributed by atoms with Crippen LogP contribution in [0.5, 0.6) is 0 Å². The van der Waals surface area contributed by atoms with Crippen molar-refractivity contribution in [2.45, 2.75) is 23.8 Å². The molecule has 1 amide bonds. The highest BCUT2D eigenvalue weighted by Gasteiger charge is 2.38. The normalized spacial score (nSPS) is 18.9. The number of carbonyl (C=O) groups is 1. The van der Waals surface area contributed by atoms with E-state index in [0.29, 0.717) is 19.4 Å². The van der Waals surface area contributed by atoms with Gasteiger partial charge in [-0.25, -0.2) is 8.42 Å². The maximum absolute atomic E-state index is 12.7. The average Bonchev–Trinajstić information content (AvgIpc) is 3.07. The Balaban J connectivity index is 1.91. The third-order valence-electron chi connectivity index (χ3n) is 4.10. The molecule has 1 aliphatic heterocycles. The van der Waals surface area contributed by atoms with Gasteiger partial charge in [-0.2, -0.15) is 4.31 Å². The molecule has 1 unspecified atom stereocenters. The number of hydrogen-bond acceptors (Lipinski definition) is 3. The van der Waals surface area contributed by atoms with Crippen LogP contribution >= 0.6 is 0 Å². The molecular weight excluding hydrogens is 312 g/mol. The fourth-order valence-electron chi connectivity index (χ4n) is 2.90. The summed E-state index contributed by atoms with van der Waals surface area (Å²) in [7, 11) is -3.70. The molecule has 1 atom stereocenters. The molecule has 0 radical (unpaired) electrons. The fourth-order valence-corrected chi connectivity index (χ4v) is 4.56. The average molecular weight is 330 g/mol. The summed E-state index contributed by atoms with van der Waals surface area (Å²) in [5, 5.41) is 0. The van der Waals surface area contributed by atoms with E-state index < -0.39 is 22.0 Å². The van der Waals surface area contributed by atoms with Gasteiger partial charge in [0.2, 0.25) is 15.9 Å². The maximum Gasteiger partial charge on any atom is 0.243 e. The van der Waals surface area contributed by atoms with Crippen LogP contribution in [0.1, 0.15) is 12.8 Å². The molecule has 6 heteroatoms. The number of nitrogens with zero attached hydrogens (tertiary/aromatic N) is 1. The highest BCUT2D eigenvalue weighted by molar-refractivity contribution is 7.89. The first-order valence-corrected chi connectivity index (χ1v) is 8.91. The molecule has 3 rings (SSSR count). The number of carbonyl (C=O) groups excluding carboxylic acids is 1. The summed E-state index contributed by atoms with van der Waals surface area (Å²) in [6.45, 7) is 0.330. The zero-order chi connectivity index (χ0) is 16.4. The lowest BCUT2D eigenvalue weighted by atomic mass is 10.1. The first kappa shape index (κ1) is 15.7. The van der Waals surface area contributed by atoms with E-state index in [1.54, 1.807) is 24.3 Å². The van der Waals surface area contributed by atoms with Gasteiger partial charge in [0.25, 0.3) is 0 Å². The van der Waals surface area contributed by atoms with Crippen molar-refractivity contribution in [3.05, 3.63) is 54.6 Å². The smallest absolute Gasteiger partial charge is 0.243 e. The van der Waals surface area contributed by atoms with E-state index in [0.717, 1.165) is 11.1 Å². The second-order valence-electron chi connectivity index (χ2n) is 5.57. The van der Waals surface area contributed by atoms with Gasteiger partial charge in [-0.1, -0.05) is 42.5 Å². The second-order valence-corrected chi connectivity index (χ2v) is 7.46. The van der Waals surface area contributed by atoms with Crippen LogP contribution in [0.25, 0.3) is 11.1 Å². The Morgan fingerprint density at radius 3 is 2.22 bits per heavy atom. The van der Waals surface area contributed by atoms with Crippen molar-refractivity contribution >= 4 is 15.9 Å². The van der Waals surface area contributed by atoms with E-state index >= 15 is 0 Å². The standard InChI is InChI=1S/C17H18N2O3S/c18-17(20)16-7-4-12-19(16)23(21,22)15-10-8-14(9-11-15)13-5-2-1-3-6-13/h1-3,5-6,8-11,16H,4,7,12H2,(H2,18,20). The van der Waals surface area contributed by atoms with E-state index in [4.69, 9.17) is 5.73 Å². The molecule has 0 aromatic heterocycles. The molecule has 0 bridgehead atoms. The minimum Gasteiger partial charge on any atom is -0.368 e. The summed E-state index contributed by atoms with van der Waals surface area (Å²) in [5.41, 5.74) is 7.28. The topological polar surface area (TPSA) is 80.5 Å². The lowest BCUT2D eigenvalue weighted by Crippen LogP contribution is -2.43. The number of primary amides is 1. The van der Waals surface area contributed by atoms with Gasteiger partial charge in [-0.3, -0.25) is 4.79 Å². The molecule has 120 valence electrons. The first-order chi connectivity index (χ1) is 11.0. The van der Waals surface area contributed by atoms with Gasteiger partial charge in [0.15, 0.2) is 0 Å². The van der Waals surface area contributed by atoms with Crippen molar-refractivity contribution in [2.24, 2.45) is 5.73 Å². The van der Waals surface area contributed by atoms with Crippen molar-refractivity contribution in [1.82, 2.24) is 4.31 Å². The zero-order valence-corrected chi connectivity index (χ0v) is 13.4. The van der Waals surface area contributed by atoms with Crippen LogP contribution in [0.4, 0.5) is 0 Å². The van der Waals surface area contributed by atoms with E-state index in [9.17, 15) is 13.2 Å². The molecule has 1 saturated heterocycles. The molecule has 1 heterocycles. The minimum atomic E-state index is -3.70. The molecule has 2 N–H and O–H groups in total. The van der Waals surface area contributed by atoms with Gasteiger partial charge >= 0.3 is 0 Å². The van der Waals surface area contributed by atoms with Crippen molar-refractivity contribution in [1.29, 1.82) is 0 Å². The minimum absolute atomic E-state index is 0.185. The van der Waals surface area contributed by atoms with Gasteiger partial charge < -0.3 is 5.73 Å². The summed E-state index contributed by atoms with van der Waals surface area (Å²) in [6, 6.07) is 15.7. The number of benzene rings is 2. The number of nitrogens with two attached hydrogens (primary N) is 1. The van der Waals surface area contributed by atoms with E-state index in [1.807, 2.05) is 30.3 Å². The summed E-state index contributed by atoms with van der Waals surface area (Å²) in [4.78, 5) is 11.6. The molecule has 2 aromatic rings.